The van der Waals surface area contributed by atoms with Crippen LogP contribution in [0.3, 0.4) is 0 Å². The van der Waals surface area contributed by atoms with Gasteiger partial charge in [-0.15, -0.1) is 0 Å². The third-order valence-electron chi connectivity index (χ3n) is 2.85. The van der Waals surface area contributed by atoms with E-state index in [-0.39, 0.29) is 23.7 Å². The smallest absolute Gasteiger partial charge is 0.416 e. The van der Waals surface area contributed by atoms with Crippen LogP contribution in [0.25, 0.3) is 0 Å². The highest BCUT2D eigenvalue weighted by Gasteiger charge is 2.29. The van der Waals surface area contributed by atoms with Crippen LogP contribution >= 0.6 is 0 Å². The minimum atomic E-state index is -4.43. The second kappa shape index (κ2) is 5.97. The van der Waals surface area contributed by atoms with E-state index >= 15 is 0 Å². The van der Waals surface area contributed by atoms with Crippen molar-refractivity contribution in [1.82, 2.24) is 0 Å². The van der Waals surface area contributed by atoms with Crippen molar-refractivity contribution in [2.75, 3.05) is 0 Å². The lowest BCUT2D eigenvalue weighted by atomic mass is 10.1. The Morgan fingerprint density at radius 1 is 1.05 bits per heavy atom. The van der Waals surface area contributed by atoms with Crippen molar-refractivity contribution in [2.45, 2.75) is 12.8 Å². The van der Waals surface area contributed by atoms with Gasteiger partial charge < -0.3 is 14.9 Å². The van der Waals surface area contributed by atoms with Gasteiger partial charge in [0.25, 0.3) is 0 Å². The lowest BCUT2D eigenvalue weighted by Crippen LogP contribution is -2.07. The number of alkyl halides is 3. The van der Waals surface area contributed by atoms with Gasteiger partial charge in [0.1, 0.15) is 23.7 Å². The van der Waals surface area contributed by atoms with Gasteiger partial charge in [-0.1, -0.05) is 12.1 Å². The number of benzene rings is 2. The van der Waals surface area contributed by atoms with Crippen molar-refractivity contribution >= 4 is 5.97 Å². The number of phenols is 2. The molecule has 0 saturated heterocycles. The average molecular weight is 312 g/mol. The van der Waals surface area contributed by atoms with Crippen LogP contribution in [0.5, 0.6) is 11.5 Å². The molecule has 4 nitrogen and oxygen atoms in total. The number of ether oxygens (including phenoxy) is 1. The summed E-state index contributed by atoms with van der Waals surface area (Å²) in [7, 11) is 0. The number of hydrogen-bond acceptors (Lipinski definition) is 4. The van der Waals surface area contributed by atoms with Crippen molar-refractivity contribution in [3.05, 3.63) is 59.2 Å². The molecule has 2 N–H and O–H groups in total. The van der Waals surface area contributed by atoms with E-state index in [0.717, 1.165) is 24.3 Å². The quantitative estimate of drug-likeness (QED) is 0.673. The summed E-state index contributed by atoms with van der Waals surface area (Å²) < 4.78 is 42.1. The Kier molecular flexibility index (Phi) is 4.25. The molecular weight excluding hydrogens is 301 g/mol. The molecule has 0 amide bonds. The summed E-state index contributed by atoms with van der Waals surface area (Å²) in [5.41, 5.74) is -0.666. The predicted molar refractivity (Wildman–Crippen MR) is 70.3 cm³/mol. The first-order valence-corrected chi connectivity index (χ1v) is 6.12. The summed E-state index contributed by atoms with van der Waals surface area (Å²) in [6, 6.07) is 7.51. The Morgan fingerprint density at radius 3 is 2.27 bits per heavy atom. The summed E-state index contributed by atoms with van der Waals surface area (Å²) >= 11 is 0. The second-order valence-electron chi connectivity index (χ2n) is 4.47. The number of hydrogen-bond donors (Lipinski definition) is 2. The third kappa shape index (κ3) is 3.69. The molecule has 2 aromatic carbocycles. The van der Waals surface area contributed by atoms with Gasteiger partial charge in [-0.2, -0.15) is 13.2 Å². The first-order chi connectivity index (χ1) is 10.3. The van der Waals surface area contributed by atoms with E-state index in [9.17, 15) is 28.2 Å². The normalized spacial score (nSPS) is 11.2. The molecule has 22 heavy (non-hydrogen) atoms. The molecule has 2 aromatic rings. The fraction of sp³-hybridized carbons (Fsp3) is 0.133. The van der Waals surface area contributed by atoms with E-state index in [1.54, 1.807) is 0 Å². The van der Waals surface area contributed by atoms with E-state index in [2.05, 4.69) is 0 Å². The highest BCUT2D eigenvalue weighted by atomic mass is 19.4. The van der Waals surface area contributed by atoms with Crippen LogP contribution < -0.4 is 0 Å². The minimum Gasteiger partial charge on any atom is -0.508 e. The third-order valence-corrected chi connectivity index (χ3v) is 2.85. The van der Waals surface area contributed by atoms with Gasteiger partial charge in [-0.05, 0) is 35.9 Å². The number of rotatable bonds is 3. The van der Waals surface area contributed by atoms with Gasteiger partial charge in [-0.25, -0.2) is 4.79 Å². The predicted octanol–water partition coefficient (Wildman–Crippen LogP) is 3.47. The fourth-order valence-electron chi connectivity index (χ4n) is 1.70. The van der Waals surface area contributed by atoms with Crippen molar-refractivity contribution in [2.24, 2.45) is 0 Å². The van der Waals surface area contributed by atoms with E-state index in [1.165, 1.54) is 18.2 Å². The number of carbonyl (C=O) groups excluding carboxylic acids is 1. The topological polar surface area (TPSA) is 66.8 Å². The van der Waals surface area contributed by atoms with Crippen molar-refractivity contribution in [3.8, 4) is 11.5 Å². The lowest BCUT2D eigenvalue weighted by molar-refractivity contribution is -0.137. The largest absolute Gasteiger partial charge is 0.508 e. The molecule has 0 bridgehead atoms. The Morgan fingerprint density at radius 2 is 1.68 bits per heavy atom. The van der Waals surface area contributed by atoms with Gasteiger partial charge >= 0.3 is 12.1 Å². The zero-order valence-corrected chi connectivity index (χ0v) is 11.1. The zero-order chi connectivity index (χ0) is 16.3. The van der Waals surface area contributed by atoms with Crippen LogP contribution in [0.4, 0.5) is 13.2 Å². The van der Waals surface area contributed by atoms with Gasteiger partial charge in [0.2, 0.25) is 0 Å². The lowest BCUT2D eigenvalue weighted by Gasteiger charge is -2.09. The van der Waals surface area contributed by atoms with Gasteiger partial charge in [0.05, 0.1) is 5.56 Å². The molecular formula is C15H11F3O4. The summed E-state index contributed by atoms with van der Waals surface area (Å²) in [5.74, 6) is -1.48. The molecule has 116 valence electrons. The van der Waals surface area contributed by atoms with Crippen LogP contribution in [0, 0.1) is 0 Å². The van der Waals surface area contributed by atoms with Crippen LogP contribution in [-0.4, -0.2) is 16.2 Å². The van der Waals surface area contributed by atoms with E-state index in [0.29, 0.717) is 5.56 Å². The molecule has 0 unspecified atom stereocenters. The molecule has 0 aliphatic rings. The summed E-state index contributed by atoms with van der Waals surface area (Å²) in [5, 5.41) is 18.7. The molecule has 2 rings (SSSR count). The number of halogens is 3. The van der Waals surface area contributed by atoms with Gasteiger partial charge in [0, 0.05) is 0 Å². The van der Waals surface area contributed by atoms with Crippen LogP contribution in [-0.2, 0) is 17.5 Å². The fourth-order valence-corrected chi connectivity index (χ4v) is 1.70. The highest BCUT2D eigenvalue weighted by molar-refractivity contribution is 5.92. The highest BCUT2D eigenvalue weighted by Crippen LogP contribution is 2.29. The van der Waals surface area contributed by atoms with Crippen LogP contribution in [0.2, 0.25) is 0 Å². The number of aromatic hydroxyl groups is 2. The van der Waals surface area contributed by atoms with E-state index in [1.807, 2.05) is 0 Å². The Bertz CT molecular complexity index is 678. The molecule has 0 aliphatic heterocycles. The standard InChI is InChI=1S/C15H11F3O4/c16-15(17,18)10-3-1-9(2-4-10)8-22-14(21)12-7-11(19)5-6-13(12)20/h1-7,19-20H,8H2. The van der Waals surface area contributed by atoms with Gasteiger partial charge in [0.15, 0.2) is 0 Å². The van der Waals surface area contributed by atoms with Crippen molar-refractivity contribution < 1.29 is 32.9 Å². The number of phenolic OH excluding ortho intramolecular Hbond substituents is 2. The van der Waals surface area contributed by atoms with Crippen molar-refractivity contribution in [1.29, 1.82) is 0 Å². The molecule has 0 aromatic heterocycles. The molecule has 0 atom stereocenters. The molecule has 7 heteroatoms. The SMILES string of the molecule is O=C(OCc1ccc(C(F)(F)F)cc1)c1cc(O)ccc1O. The van der Waals surface area contributed by atoms with E-state index < -0.39 is 17.7 Å². The molecule has 0 radical (unpaired) electrons. The minimum absolute atomic E-state index is 0.223. The Hall–Kier alpha value is -2.70. The summed E-state index contributed by atoms with van der Waals surface area (Å²) in [6.45, 7) is -0.258. The number of esters is 1. The molecule has 0 heterocycles. The van der Waals surface area contributed by atoms with Crippen LogP contribution in [0.15, 0.2) is 42.5 Å². The zero-order valence-electron chi connectivity index (χ0n) is 11.1. The first-order valence-electron chi connectivity index (χ1n) is 6.12. The van der Waals surface area contributed by atoms with Crippen LogP contribution in [0.1, 0.15) is 21.5 Å². The second-order valence-corrected chi connectivity index (χ2v) is 4.47. The average Bonchev–Trinajstić information content (AvgIpc) is 2.47. The molecule has 0 saturated carbocycles. The van der Waals surface area contributed by atoms with Gasteiger partial charge in [-0.3, -0.25) is 0 Å². The Balaban J connectivity index is 2.04. The first kappa shape index (κ1) is 15.7. The Labute approximate surface area is 123 Å². The number of carbonyl (C=O) groups is 1. The summed E-state index contributed by atoms with van der Waals surface area (Å²) in [4.78, 5) is 11.7. The maximum absolute atomic E-state index is 12.4. The maximum Gasteiger partial charge on any atom is 0.416 e. The molecule has 0 fully saturated rings. The monoisotopic (exact) mass is 312 g/mol. The summed E-state index contributed by atoms with van der Waals surface area (Å²) in [6.07, 6.45) is -4.43. The molecule has 0 aliphatic carbocycles. The van der Waals surface area contributed by atoms with E-state index in [4.69, 9.17) is 4.74 Å². The maximum atomic E-state index is 12.4. The van der Waals surface area contributed by atoms with Crippen molar-refractivity contribution in [3.63, 3.8) is 0 Å². The molecule has 0 spiro atoms.